The summed E-state index contributed by atoms with van der Waals surface area (Å²) >= 11 is 5.36. The minimum Gasteiger partial charge on any atom is -0.360 e. The highest BCUT2D eigenvalue weighted by Crippen LogP contribution is 2.27. The van der Waals surface area contributed by atoms with Crippen molar-refractivity contribution in [3.63, 3.8) is 0 Å². The fraction of sp³-hybridized carbons (Fsp3) is 0.632. The quantitative estimate of drug-likeness (QED) is 0.763. The number of nitrogens with zero attached hydrogens (tertiary/aromatic N) is 1. The summed E-state index contributed by atoms with van der Waals surface area (Å²) in [7, 11) is -3.43. The van der Waals surface area contributed by atoms with Gasteiger partial charge in [0.1, 0.15) is 0 Å². The van der Waals surface area contributed by atoms with Crippen LogP contribution in [0.1, 0.15) is 46.0 Å². The first kappa shape index (κ1) is 19.6. The Hall–Kier alpha value is -1.18. The lowest BCUT2D eigenvalue weighted by atomic mass is 9.94. The Morgan fingerprint density at radius 3 is 2.23 bits per heavy atom. The Bertz CT molecular complexity index is 718. The Labute approximate surface area is 162 Å². The highest BCUT2D eigenvalue weighted by atomic mass is 32.2. The molecular formula is C19H29N3O2S2. The number of hydrogen-bond donors (Lipinski definition) is 2. The van der Waals surface area contributed by atoms with Crippen LogP contribution in [-0.2, 0) is 10.0 Å². The monoisotopic (exact) mass is 395 g/mol. The van der Waals surface area contributed by atoms with Crippen LogP contribution in [0.4, 0.5) is 5.69 Å². The summed E-state index contributed by atoms with van der Waals surface area (Å²) in [5.74, 6) is 0.794. The van der Waals surface area contributed by atoms with Crippen molar-refractivity contribution in [2.75, 3.05) is 18.4 Å². The lowest BCUT2D eigenvalue weighted by Gasteiger charge is -2.34. The summed E-state index contributed by atoms with van der Waals surface area (Å²) in [5.41, 5.74) is 0.805. The van der Waals surface area contributed by atoms with Crippen LogP contribution in [0.2, 0.25) is 0 Å². The Kier molecular flexibility index (Phi) is 6.20. The van der Waals surface area contributed by atoms with E-state index in [1.807, 2.05) is 0 Å². The number of piperidine rings is 1. The van der Waals surface area contributed by atoms with Crippen molar-refractivity contribution in [2.24, 2.45) is 11.8 Å². The average Bonchev–Trinajstić information content (AvgIpc) is 3.07. The molecule has 0 unspecified atom stereocenters. The van der Waals surface area contributed by atoms with E-state index in [2.05, 4.69) is 24.5 Å². The number of benzene rings is 1. The van der Waals surface area contributed by atoms with Crippen LogP contribution >= 0.6 is 12.2 Å². The number of thiocarbonyl (C=S) groups is 1. The largest absolute Gasteiger partial charge is 0.360 e. The van der Waals surface area contributed by atoms with Crippen LogP contribution in [0, 0.1) is 11.8 Å². The predicted molar refractivity (Wildman–Crippen MR) is 110 cm³/mol. The van der Waals surface area contributed by atoms with Crippen LogP contribution in [0.5, 0.6) is 0 Å². The molecule has 0 amide bonds. The molecule has 26 heavy (non-hydrogen) atoms. The van der Waals surface area contributed by atoms with E-state index in [1.54, 1.807) is 28.6 Å². The third-order valence-electron chi connectivity index (χ3n) is 5.28. The molecule has 1 heterocycles. The molecule has 144 valence electrons. The van der Waals surface area contributed by atoms with Crippen LogP contribution in [0.3, 0.4) is 0 Å². The Morgan fingerprint density at radius 1 is 1.08 bits per heavy atom. The van der Waals surface area contributed by atoms with Crippen LogP contribution < -0.4 is 10.6 Å². The van der Waals surface area contributed by atoms with E-state index >= 15 is 0 Å². The molecule has 0 bridgehead atoms. The zero-order chi connectivity index (χ0) is 18.7. The van der Waals surface area contributed by atoms with Gasteiger partial charge in [0.15, 0.2) is 5.11 Å². The summed E-state index contributed by atoms with van der Waals surface area (Å²) in [6.45, 7) is 5.43. The van der Waals surface area contributed by atoms with E-state index in [0.717, 1.165) is 24.9 Å². The van der Waals surface area contributed by atoms with Gasteiger partial charge in [0.05, 0.1) is 4.90 Å². The number of anilines is 1. The van der Waals surface area contributed by atoms with Gasteiger partial charge in [-0.2, -0.15) is 4.31 Å². The van der Waals surface area contributed by atoms with Gasteiger partial charge in [0.25, 0.3) is 0 Å². The van der Waals surface area contributed by atoms with Gasteiger partial charge in [-0.15, -0.1) is 0 Å². The third-order valence-corrected chi connectivity index (χ3v) is 7.34. The van der Waals surface area contributed by atoms with Gasteiger partial charge < -0.3 is 10.6 Å². The van der Waals surface area contributed by atoms with E-state index in [-0.39, 0.29) is 0 Å². The maximum Gasteiger partial charge on any atom is 0.243 e. The van der Waals surface area contributed by atoms with Crippen LogP contribution in [-0.4, -0.2) is 37.0 Å². The molecule has 5 nitrogen and oxygen atoms in total. The van der Waals surface area contributed by atoms with Crippen molar-refractivity contribution < 1.29 is 8.42 Å². The second kappa shape index (κ2) is 8.23. The molecule has 0 radical (unpaired) electrons. The lowest BCUT2D eigenvalue weighted by Crippen LogP contribution is -2.42. The van der Waals surface area contributed by atoms with Gasteiger partial charge in [-0.05, 0) is 67.6 Å². The fourth-order valence-electron chi connectivity index (χ4n) is 4.08. The average molecular weight is 396 g/mol. The smallest absolute Gasteiger partial charge is 0.243 e. The number of sulfonamides is 1. The molecule has 0 aromatic heterocycles. The summed E-state index contributed by atoms with van der Waals surface area (Å²) in [6.07, 6.45) is 5.90. The van der Waals surface area contributed by atoms with Gasteiger partial charge in [-0.1, -0.05) is 26.7 Å². The van der Waals surface area contributed by atoms with Gasteiger partial charge >= 0.3 is 0 Å². The minimum absolute atomic E-state index is 0.346. The maximum atomic E-state index is 12.9. The Morgan fingerprint density at radius 2 is 1.65 bits per heavy atom. The van der Waals surface area contributed by atoms with Gasteiger partial charge in [0, 0.05) is 24.8 Å². The maximum absolute atomic E-state index is 12.9. The van der Waals surface area contributed by atoms with Gasteiger partial charge in [-0.25, -0.2) is 8.42 Å². The normalized spacial score (nSPS) is 25.2. The van der Waals surface area contributed by atoms with E-state index in [0.29, 0.717) is 41.0 Å². The molecule has 1 saturated carbocycles. The van der Waals surface area contributed by atoms with E-state index in [9.17, 15) is 8.42 Å². The zero-order valence-corrected chi connectivity index (χ0v) is 17.2. The van der Waals surface area contributed by atoms with Gasteiger partial charge in [0.2, 0.25) is 10.0 Å². The summed E-state index contributed by atoms with van der Waals surface area (Å²) in [6, 6.07) is 7.36. The molecule has 0 spiro atoms. The first-order chi connectivity index (χ1) is 12.3. The van der Waals surface area contributed by atoms with E-state index in [4.69, 9.17) is 12.2 Å². The van der Waals surface area contributed by atoms with Crippen molar-refractivity contribution in [1.29, 1.82) is 0 Å². The molecule has 2 aliphatic rings. The highest BCUT2D eigenvalue weighted by Gasteiger charge is 2.31. The van der Waals surface area contributed by atoms with Crippen molar-refractivity contribution in [1.82, 2.24) is 9.62 Å². The minimum atomic E-state index is -3.43. The first-order valence-electron chi connectivity index (χ1n) is 9.52. The number of hydrogen-bond acceptors (Lipinski definition) is 3. The fourth-order valence-corrected chi connectivity index (χ4v) is 6.05. The van der Waals surface area contributed by atoms with Gasteiger partial charge in [-0.3, -0.25) is 0 Å². The predicted octanol–water partition coefficient (Wildman–Crippen LogP) is 3.58. The second-order valence-corrected chi connectivity index (χ2v) is 10.2. The summed E-state index contributed by atoms with van der Waals surface area (Å²) < 4.78 is 27.4. The number of rotatable bonds is 4. The third kappa shape index (κ3) is 4.75. The van der Waals surface area contributed by atoms with Crippen molar-refractivity contribution in [3.8, 4) is 0 Å². The molecule has 7 heteroatoms. The molecule has 3 rings (SSSR count). The van der Waals surface area contributed by atoms with Crippen LogP contribution in [0.15, 0.2) is 29.2 Å². The summed E-state index contributed by atoms with van der Waals surface area (Å²) in [4.78, 5) is 0.346. The molecule has 1 aliphatic heterocycles. The molecule has 1 aliphatic carbocycles. The molecular weight excluding hydrogens is 366 g/mol. The highest BCUT2D eigenvalue weighted by molar-refractivity contribution is 7.89. The molecule has 2 N–H and O–H groups in total. The lowest BCUT2D eigenvalue weighted by molar-refractivity contribution is 0.222. The number of nitrogens with one attached hydrogen (secondary N) is 2. The molecule has 1 saturated heterocycles. The molecule has 1 aromatic rings. The molecule has 2 atom stereocenters. The van der Waals surface area contributed by atoms with Crippen molar-refractivity contribution >= 4 is 33.0 Å². The van der Waals surface area contributed by atoms with Crippen LogP contribution in [0.25, 0.3) is 0 Å². The van der Waals surface area contributed by atoms with Crippen molar-refractivity contribution in [3.05, 3.63) is 24.3 Å². The first-order valence-corrected chi connectivity index (χ1v) is 11.4. The topological polar surface area (TPSA) is 61.4 Å². The molecule has 2 fully saturated rings. The molecule has 1 aromatic carbocycles. The second-order valence-electron chi connectivity index (χ2n) is 7.87. The zero-order valence-electron chi connectivity index (χ0n) is 15.6. The van der Waals surface area contributed by atoms with E-state index < -0.39 is 10.0 Å². The SMILES string of the molecule is C[C@@H]1C[C@H](C)CN(S(=O)(=O)c2ccc(NC(=S)NC3CCCC3)cc2)C1. The van der Waals surface area contributed by atoms with Crippen molar-refractivity contribution in [2.45, 2.75) is 56.9 Å². The Balaban J connectivity index is 1.63. The summed E-state index contributed by atoms with van der Waals surface area (Å²) in [5, 5.41) is 7.08. The van der Waals surface area contributed by atoms with E-state index in [1.165, 1.54) is 12.8 Å². The standard InChI is InChI=1S/C19H29N3O2S2/c1-14-11-15(2)13-22(12-14)26(23,24)18-9-7-17(8-10-18)21-19(25)20-16-5-3-4-6-16/h7-10,14-16H,3-6,11-13H2,1-2H3,(H2,20,21,25)/t14-,15+.